The molecular weight excluding hydrogens is 364 g/mol. The van der Waals surface area contributed by atoms with Crippen molar-refractivity contribution in [2.75, 3.05) is 18.9 Å². The number of halogens is 2. The summed E-state index contributed by atoms with van der Waals surface area (Å²) < 4.78 is 27.6. The van der Waals surface area contributed by atoms with E-state index in [4.69, 9.17) is 11.6 Å². The quantitative estimate of drug-likeness (QED) is 0.747. The number of hydrogen-bond donors (Lipinski definition) is 1. The number of hydrogen-bond acceptors (Lipinski definition) is 3. The molecule has 0 spiro atoms. The zero-order valence-corrected chi connectivity index (χ0v) is 15.0. The van der Waals surface area contributed by atoms with Crippen molar-refractivity contribution in [2.24, 2.45) is 5.41 Å². The summed E-state index contributed by atoms with van der Waals surface area (Å²) in [6.45, 7) is 6.64. The predicted molar refractivity (Wildman–Crippen MR) is 85.8 cm³/mol. The van der Waals surface area contributed by atoms with Crippen molar-refractivity contribution >= 4 is 43.2 Å². The molecule has 2 rings (SSSR count). The molecule has 0 unspecified atom stereocenters. The van der Waals surface area contributed by atoms with Crippen molar-refractivity contribution in [3.05, 3.63) is 21.6 Å². The van der Waals surface area contributed by atoms with Gasteiger partial charge in [-0.1, -0.05) is 32.4 Å². The summed E-state index contributed by atoms with van der Waals surface area (Å²) in [4.78, 5) is 0.253. The molecule has 0 aromatic heterocycles. The van der Waals surface area contributed by atoms with Crippen molar-refractivity contribution in [1.29, 1.82) is 0 Å². The molecule has 1 N–H and O–H groups in total. The van der Waals surface area contributed by atoms with Gasteiger partial charge in [0.2, 0.25) is 10.0 Å². The van der Waals surface area contributed by atoms with E-state index in [0.717, 1.165) is 0 Å². The summed E-state index contributed by atoms with van der Waals surface area (Å²) >= 11 is 9.34. The third-order valence-corrected chi connectivity index (χ3v) is 6.71. The van der Waals surface area contributed by atoms with E-state index >= 15 is 0 Å². The average molecular weight is 382 g/mol. The van der Waals surface area contributed by atoms with Crippen LogP contribution in [-0.2, 0) is 10.0 Å². The Bertz CT molecular complexity index is 641. The molecule has 1 aliphatic rings. The lowest BCUT2D eigenvalue weighted by molar-refractivity contribution is 0.211. The summed E-state index contributed by atoms with van der Waals surface area (Å²) in [5.74, 6) is 0. The van der Waals surface area contributed by atoms with Crippen LogP contribution in [0.25, 0.3) is 0 Å². The number of rotatable bonds is 0. The molecule has 0 bridgehead atoms. The number of nitrogens with zero attached hydrogens (tertiary/aromatic N) is 1. The number of sulfonamides is 1. The summed E-state index contributed by atoms with van der Waals surface area (Å²) in [5, 5.41) is 3.70. The van der Waals surface area contributed by atoms with Gasteiger partial charge in [-0.25, -0.2) is 8.42 Å². The zero-order chi connectivity index (χ0) is 15.3. The first-order valence-electron chi connectivity index (χ1n) is 6.26. The van der Waals surface area contributed by atoms with Crippen molar-refractivity contribution in [3.8, 4) is 0 Å². The standard InChI is InChI=1S/C13H18BrClN2O2S/c1-13(2,3)12-7-16-10-6-9(15)8(14)5-11(10)20(18,19)17(12)4/h5-6,12,16H,7H2,1-4H3/t12-/m0/s1. The van der Waals surface area contributed by atoms with E-state index in [1.54, 1.807) is 19.2 Å². The Labute approximate surface area is 133 Å². The van der Waals surface area contributed by atoms with Crippen LogP contribution in [0.1, 0.15) is 20.8 Å². The molecule has 1 aromatic rings. The SMILES string of the molecule is CN1[C@H](C(C)(C)C)CNc2cc(Cl)c(Br)cc2S1(=O)=O. The molecule has 1 aliphatic heterocycles. The lowest BCUT2D eigenvalue weighted by Crippen LogP contribution is -2.47. The minimum absolute atomic E-state index is 0.141. The smallest absolute Gasteiger partial charge is 0.245 e. The maximum Gasteiger partial charge on any atom is 0.245 e. The number of fused-ring (bicyclic) bond motifs is 1. The van der Waals surface area contributed by atoms with Crippen LogP contribution in [0.15, 0.2) is 21.5 Å². The Morgan fingerprint density at radius 2 is 2.00 bits per heavy atom. The number of nitrogens with one attached hydrogen (secondary N) is 1. The van der Waals surface area contributed by atoms with Gasteiger partial charge in [-0.15, -0.1) is 0 Å². The van der Waals surface area contributed by atoms with Gasteiger partial charge >= 0.3 is 0 Å². The molecule has 0 saturated carbocycles. The van der Waals surface area contributed by atoms with Crippen LogP contribution in [0, 0.1) is 5.41 Å². The maximum absolute atomic E-state index is 12.8. The van der Waals surface area contributed by atoms with Gasteiger partial charge in [-0.2, -0.15) is 4.31 Å². The van der Waals surface area contributed by atoms with Gasteiger partial charge in [0.1, 0.15) is 4.90 Å². The summed E-state index contributed by atoms with van der Waals surface area (Å²) in [6.07, 6.45) is 0. The van der Waals surface area contributed by atoms with Gasteiger partial charge in [0.05, 0.1) is 10.7 Å². The highest BCUT2D eigenvalue weighted by molar-refractivity contribution is 9.10. The van der Waals surface area contributed by atoms with E-state index in [1.165, 1.54) is 4.31 Å². The summed E-state index contributed by atoms with van der Waals surface area (Å²) in [7, 11) is -1.92. The predicted octanol–water partition coefficient (Wildman–Crippen LogP) is 3.56. The fraction of sp³-hybridized carbons (Fsp3) is 0.538. The zero-order valence-electron chi connectivity index (χ0n) is 11.9. The van der Waals surface area contributed by atoms with Crippen LogP contribution in [0.4, 0.5) is 5.69 Å². The molecule has 1 aromatic carbocycles. The Balaban J connectivity index is 2.62. The van der Waals surface area contributed by atoms with Crippen LogP contribution >= 0.6 is 27.5 Å². The van der Waals surface area contributed by atoms with Crippen LogP contribution < -0.4 is 5.32 Å². The van der Waals surface area contributed by atoms with Gasteiger partial charge in [-0.3, -0.25) is 0 Å². The highest BCUT2D eigenvalue weighted by Crippen LogP contribution is 2.38. The van der Waals surface area contributed by atoms with Crippen LogP contribution in [0.2, 0.25) is 5.02 Å². The van der Waals surface area contributed by atoms with Crippen molar-refractivity contribution in [3.63, 3.8) is 0 Å². The monoisotopic (exact) mass is 380 g/mol. The first-order valence-corrected chi connectivity index (χ1v) is 8.87. The van der Waals surface area contributed by atoms with E-state index in [2.05, 4.69) is 21.2 Å². The van der Waals surface area contributed by atoms with Crippen LogP contribution in [0.5, 0.6) is 0 Å². The second-order valence-corrected chi connectivity index (χ2v) is 9.27. The van der Waals surface area contributed by atoms with Gasteiger partial charge in [0.25, 0.3) is 0 Å². The van der Waals surface area contributed by atoms with E-state index in [-0.39, 0.29) is 16.4 Å². The third-order valence-electron chi connectivity index (χ3n) is 3.60. The summed E-state index contributed by atoms with van der Waals surface area (Å²) in [6, 6.07) is 3.07. The minimum Gasteiger partial charge on any atom is -0.382 e. The molecule has 4 nitrogen and oxygen atoms in total. The largest absolute Gasteiger partial charge is 0.382 e. The van der Waals surface area contributed by atoms with Crippen LogP contribution in [0.3, 0.4) is 0 Å². The number of likely N-dealkylation sites (N-methyl/N-ethyl adjacent to an activating group) is 1. The van der Waals surface area contributed by atoms with Gasteiger partial charge in [0.15, 0.2) is 0 Å². The second-order valence-electron chi connectivity index (χ2n) is 6.05. The van der Waals surface area contributed by atoms with E-state index in [1.807, 2.05) is 20.8 Å². The normalized spacial score (nSPS) is 22.8. The van der Waals surface area contributed by atoms with E-state index < -0.39 is 10.0 Å². The average Bonchev–Trinajstić information content (AvgIpc) is 2.38. The molecule has 0 radical (unpaired) electrons. The highest BCUT2D eigenvalue weighted by Gasteiger charge is 2.39. The maximum atomic E-state index is 12.8. The molecule has 112 valence electrons. The third kappa shape index (κ3) is 2.71. The molecule has 20 heavy (non-hydrogen) atoms. The molecule has 1 atom stereocenters. The lowest BCUT2D eigenvalue weighted by atomic mass is 9.87. The Morgan fingerprint density at radius 1 is 1.40 bits per heavy atom. The molecule has 0 fully saturated rings. The van der Waals surface area contributed by atoms with Gasteiger partial charge in [-0.05, 0) is 33.5 Å². The lowest BCUT2D eigenvalue weighted by Gasteiger charge is -2.35. The van der Waals surface area contributed by atoms with Gasteiger partial charge in [0, 0.05) is 24.1 Å². The van der Waals surface area contributed by atoms with Crippen molar-refractivity contribution in [1.82, 2.24) is 4.31 Å². The van der Waals surface area contributed by atoms with Gasteiger partial charge < -0.3 is 5.32 Å². The number of anilines is 1. The van der Waals surface area contributed by atoms with Crippen molar-refractivity contribution < 1.29 is 8.42 Å². The Morgan fingerprint density at radius 3 is 2.55 bits per heavy atom. The Kier molecular flexibility index (Phi) is 4.15. The summed E-state index contributed by atoms with van der Waals surface area (Å²) in [5.41, 5.74) is 0.384. The molecule has 0 saturated heterocycles. The second kappa shape index (κ2) is 5.16. The first-order chi connectivity index (χ1) is 9.05. The van der Waals surface area contributed by atoms with E-state index in [9.17, 15) is 8.42 Å². The fourth-order valence-corrected chi connectivity index (χ4v) is 4.76. The van der Waals surface area contributed by atoms with Crippen LogP contribution in [-0.4, -0.2) is 32.4 Å². The molecule has 7 heteroatoms. The Hall–Kier alpha value is -0.300. The molecule has 0 aliphatic carbocycles. The molecule has 0 amide bonds. The minimum atomic E-state index is -3.55. The first kappa shape index (κ1) is 16.1. The molecule has 1 heterocycles. The number of benzene rings is 1. The topological polar surface area (TPSA) is 49.4 Å². The van der Waals surface area contributed by atoms with Crippen molar-refractivity contribution in [2.45, 2.75) is 31.7 Å². The fourth-order valence-electron chi connectivity index (χ4n) is 2.39. The molecular formula is C13H18BrClN2O2S. The van der Waals surface area contributed by atoms with E-state index in [0.29, 0.717) is 21.7 Å². The highest BCUT2D eigenvalue weighted by atomic mass is 79.9.